The van der Waals surface area contributed by atoms with Crippen molar-refractivity contribution in [3.63, 3.8) is 0 Å². The van der Waals surface area contributed by atoms with Crippen LogP contribution in [0.3, 0.4) is 0 Å². The van der Waals surface area contributed by atoms with E-state index in [-0.39, 0.29) is 11.6 Å². The maximum atomic E-state index is 12.7. The summed E-state index contributed by atoms with van der Waals surface area (Å²) < 4.78 is 39.0. The Labute approximate surface area is 128 Å². The zero-order valence-electron chi connectivity index (χ0n) is 12.4. The molecule has 3 aromatic rings. The summed E-state index contributed by atoms with van der Waals surface area (Å²) in [6.45, 7) is 2.11. The van der Waals surface area contributed by atoms with Crippen LogP contribution in [-0.2, 0) is 6.54 Å². The fourth-order valence-corrected chi connectivity index (χ4v) is 2.49. The molecule has 0 bridgehead atoms. The van der Waals surface area contributed by atoms with E-state index in [1.807, 2.05) is 13.0 Å². The second kappa shape index (κ2) is 5.22. The standard InChI is InChI=1S/C15H13F3N4O/c1-8-3-4-12-10(5-8)11(6-13(23)20-12)14-19-9(2)21-22(14)7-15(16,17)18/h3-6H,7H2,1-2H3,(H,20,23). The van der Waals surface area contributed by atoms with Crippen molar-refractivity contribution in [1.82, 2.24) is 19.7 Å². The summed E-state index contributed by atoms with van der Waals surface area (Å²) in [5, 5.41) is 4.43. The lowest BCUT2D eigenvalue weighted by Crippen LogP contribution is -2.20. The van der Waals surface area contributed by atoms with Gasteiger partial charge in [-0.2, -0.15) is 18.3 Å². The van der Waals surface area contributed by atoms with Gasteiger partial charge in [0, 0.05) is 22.5 Å². The number of aryl methyl sites for hydroxylation is 2. The fraction of sp³-hybridized carbons (Fsp3) is 0.267. The number of nitrogens with zero attached hydrogens (tertiary/aromatic N) is 3. The number of nitrogens with one attached hydrogen (secondary N) is 1. The molecule has 0 saturated heterocycles. The predicted molar refractivity (Wildman–Crippen MR) is 79.1 cm³/mol. The number of fused-ring (bicyclic) bond motifs is 1. The van der Waals surface area contributed by atoms with Crippen LogP contribution in [0.1, 0.15) is 11.4 Å². The molecule has 8 heteroatoms. The first-order valence-corrected chi connectivity index (χ1v) is 6.85. The topological polar surface area (TPSA) is 63.6 Å². The van der Waals surface area contributed by atoms with Crippen LogP contribution in [0.15, 0.2) is 29.1 Å². The molecule has 3 rings (SSSR count). The molecule has 23 heavy (non-hydrogen) atoms. The summed E-state index contributed by atoms with van der Waals surface area (Å²) >= 11 is 0. The molecule has 120 valence electrons. The Hall–Kier alpha value is -2.64. The third kappa shape index (κ3) is 3.10. The Morgan fingerprint density at radius 1 is 1.22 bits per heavy atom. The van der Waals surface area contributed by atoms with Crippen molar-refractivity contribution in [2.24, 2.45) is 0 Å². The van der Waals surface area contributed by atoms with E-state index < -0.39 is 18.3 Å². The minimum absolute atomic E-state index is 0.0292. The minimum atomic E-state index is -4.43. The van der Waals surface area contributed by atoms with E-state index in [0.29, 0.717) is 16.5 Å². The SMILES string of the molecule is Cc1ccc2[nH]c(=O)cc(-c3nc(C)nn3CC(F)(F)F)c2c1. The van der Waals surface area contributed by atoms with Gasteiger partial charge in [0.05, 0.1) is 0 Å². The van der Waals surface area contributed by atoms with Crippen molar-refractivity contribution in [3.05, 3.63) is 46.0 Å². The third-order valence-electron chi connectivity index (χ3n) is 3.35. The van der Waals surface area contributed by atoms with Gasteiger partial charge in [0.1, 0.15) is 12.4 Å². The zero-order valence-corrected chi connectivity index (χ0v) is 12.4. The van der Waals surface area contributed by atoms with E-state index in [1.165, 1.54) is 13.0 Å². The Morgan fingerprint density at radius 2 is 1.96 bits per heavy atom. The predicted octanol–water partition coefficient (Wildman–Crippen LogP) is 2.97. The number of aromatic amines is 1. The van der Waals surface area contributed by atoms with Crippen molar-refractivity contribution < 1.29 is 13.2 Å². The average molecular weight is 322 g/mol. The normalized spacial score (nSPS) is 12.0. The molecule has 0 saturated carbocycles. The summed E-state index contributed by atoms with van der Waals surface area (Å²) in [7, 11) is 0. The van der Waals surface area contributed by atoms with Gasteiger partial charge in [-0.25, -0.2) is 9.67 Å². The second-order valence-electron chi connectivity index (χ2n) is 5.35. The molecule has 0 unspecified atom stereocenters. The molecule has 0 radical (unpaired) electrons. The maximum absolute atomic E-state index is 12.7. The number of aromatic nitrogens is 4. The van der Waals surface area contributed by atoms with E-state index in [9.17, 15) is 18.0 Å². The minimum Gasteiger partial charge on any atom is -0.322 e. The number of halogens is 3. The van der Waals surface area contributed by atoms with Crippen molar-refractivity contribution >= 4 is 10.9 Å². The van der Waals surface area contributed by atoms with Gasteiger partial charge in [0.15, 0.2) is 5.82 Å². The first-order valence-electron chi connectivity index (χ1n) is 6.85. The molecule has 5 nitrogen and oxygen atoms in total. The zero-order chi connectivity index (χ0) is 16.8. The highest BCUT2D eigenvalue weighted by atomic mass is 19.4. The number of hydrogen-bond donors (Lipinski definition) is 1. The number of alkyl halides is 3. The summed E-state index contributed by atoms with van der Waals surface area (Å²) in [4.78, 5) is 18.6. The number of pyridine rings is 1. The molecular formula is C15H13F3N4O. The van der Waals surface area contributed by atoms with Crippen molar-refractivity contribution in [1.29, 1.82) is 0 Å². The van der Waals surface area contributed by atoms with Gasteiger partial charge in [-0.3, -0.25) is 4.79 Å². The van der Waals surface area contributed by atoms with Gasteiger partial charge in [-0.15, -0.1) is 0 Å². The van der Waals surface area contributed by atoms with Crippen LogP contribution in [0.25, 0.3) is 22.3 Å². The van der Waals surface area contributed by atoms with Gasteiger partial charge in [0.2, 0.25) is 5.56 Å². The van der Waals surface area contributed by atoms with Crippen molar-refractivity contribution in [2.45, 2.75) is 26.6 Å². The Balaban J connectivity index is 2.29. The lowest BCUT2D eigenvalue weighted by molar-refractivity contribution is -0.142. The van der Waals surface area contributed by atoms with Gasteiger partial charge >= 0.3 is 6.18 Å². The van der Waals surface area contributed by atoms with E-state index in [1.54, 1.807) is 12.1 Å². The summed E-state index contributed by atoms with van der Waals surface area (Å²) in [6.07, 6.45) is -4.43. The van der Waals surface area contributed by atoms with Crippen LogP contribution < -0.4 is 5.56 Å². The van der Waals surface area contributed by atoms with E-state index in [4.69, 9.17) is 0 Å². The number of benzene rings is 1. The Kier molecular flexibility index (Phi) is 3.46. The monoisotopic (exact) mass is 322 g/mol. The second-order valence-corrected chi connectivity index (χ2v) is 5.35. The first kappa shape index (κ1) is 15.3. The summed E-state index contributed by atoms with van der Waals surface area (Å²) in [5.41, 5.74) is 1.38. The maximum Gasteiger partial charge on any atom is 0.408 e. The number of hydrogen-bond acceptors (Lipinski definition) is 3. The molecule has 0 aliphatic carbocycles. The van der Waals surface area contributed by atoms with Gasteiger partial charge < -0.3 is 4.98 Å². The van der Waals surface area contributed by atoms with Crippen LogP contribution in [0, 0.1) is 13.8 Å². The molecule has 1 N–H and O–H groups in total. The molecular weight excluding hydrogens is 309 g/mol. The highest BCUT2D eigenvalue weighted by Crippen LogP contribution is 2.28. The molecule has 2 aromatic heterocycles. The molecule has 0 fully saturated rings. The first-order chi connectivity index (χ1) is 10.7. The average Bonchev–Trinajstić information content (AvgIpc) is 2.76. The van der Waals surface area contributed by atoms with Crippen molar-refractivity contribution in [2.75, 3.05) is 0 Å². The molecule has 0 atom stereocenters. The van der Waals surface area contributed by atoms with E-state index >= 15 is 0 Å². The van der Waals surface area contributed by atoms with E-state index in [2.05, 4.69) is 15.1 Å². The number of H-pyrrole nitrogens is 1. The van der Waals surface area contributed by atoms with E-state index in [0.717, 1.165) is 10.2 Å². The quantitative estimate of drug-likeness (QED) is 0.789. The molecule has 1 aromatic carbocycles. The Morgan fingerprint density at radius 3 is 2.65 bits per heavy atom. The highest BCUT2D eigenvalue weighted by Gasteiger charge is 2.30. The van der Waals surface area contributed by atoms with Crippen LogP contribution in [0.4, 0.5) is 13.2 Å². The molecule has 0 aliphatic rings. The van der Waals surface area contributed by atoms with Gasteiger partial charge in [-0.05, 0) is 26.0 Å². The third-order valence-corrected chi connectivity index (χ3v) is 3.35. The highest BCUT2D eigenvalue weighted by molar-refractivity contribution is 5.92. The van der Waals surface area contributed by atoms with Crippen LogP contribution in [0.2, 0.25) is 0 Å². The fourth-order valence-electron chi connectivity index (χ4n) is 2.49. The van der Waals surface area contributed by atoms with Crippen LogP contribution >= 0.6 is 0 Å². The summed E-state index contributed by atoms with van der Waals surface area (Å²) in [5.74, 6) is 0.242. The molecule has 0 amide bonds. The smallest absolute Gasteiger partial charge is 0.322 e. The molecule has 0 spiro atoms. The van der Waals surface area contributed by atoms with Crippen LogP contribution in [-0.4, -0.2) is 25.9 Å². The Bertz CT molecular complexity index is 940. The lowest BCUT2D eigenvalue weighted by Gasteiger charge is -2.11. The largest absolute Gasteiger partial charge is 0.408 e. The van der Waals surface area contributed by atoms with Gasteiger partial charge in [0.25, 0.3) is 0 Å². The van der Waals surface area contributed by atoms with Gasteiger partial charge in [-0.1, -0.05) is 11.6 Å². The lowest BCUT2D eigenvalue weighted by atomic mass is 10.1. The molecule has 0 aliphatic heterocycles. The number of rotatable bonds is 2. The molecule has 2 heterocycles. The van der Waals surface area contributed by atoms with Crippen LogP contribution in [0.5, 0.6) is 0 Å². The summed E-state index contributed by atoms with van der Waals surface area (Å²) in [6, 6.07) is 6.57. The van der Waals surface area contributed by atoms with Crippen molar-refractivity contribution in [3.8, 4) is 11.4 Å².